The number of rotatable bonds is 7. The molecule has 1 amide bonds. The van der Waals surface area contributed by atoms with Crippen molar-refractivity contribution in [2.45, 2.75) is 12.5 Å². The summed E-state index contributed by atoms with van der Waals surface area (Å²) < 4.78 is 0. The van der Waals surface area contributed by atoms with Crippen LogP contribution >= 0.6 is 0 Å². The topological polar surface area (TPSA) is 103 Å². The van der Waals surface area contributed by atoms with Gasteiger partial charge in [-0.1, -0.05) is 12.1 Å². The van der Waals surface area contributed by atoms with Gasteiger partial charge in [-0.25, -0.2) is 4.98 Å². The first kappa shape index (κ1) is 20.3. The van der Waals surface area contributed by atoms with Crippen LogP contribution < -0.4 is 16.2 Å². The van der Waals surface area contributed by atoms with Gasteiger partial charge in [-0.15, -0.1) is 0 Å². The van der Waals surface area contributed by atoms with Crippen LogP contribution in [0.3, 0.4) is 0 Å². The Bertz CT molecular complexity index is 1140. The predicted molar refractivity (Wildman–Crippen MR) is 121 cm³/mol. The fourth-order valence-corrected chi connectivity index (χ4v) is 3.38. The Morgan fingerprint density at radius 2 is 2.06 bits per heavy atom. The molecule has 0 bridgehead atoms. The third kappa shape index (κ3) is 4.98. The average molecular weight is 416 g/mol. The molecule has 0 radical (unpaired) electrons. The van der Waals surface area contributed by atoms with Gasteiger partial charge in [-0.2, -0.15) is 0 Å². The van der Waals surface area contributed by atoms with Crippen LogP contribution in [-0.2, 0) is 11.2 Å². The molecular weight excluding hydrogens is 392 g/mol. The maximum Gasteiger partial charge on any atom is 0.271 e. The van der Waals surface area contributed by atoms with E-state index in [2.05, 4.69) is 25.6 Å². The number of aromatic nitrogens is 3. The van der Waals surface area contributed by atoms with Crippen LogP contribution in [0.5, 0.6) is 0 Å². The minimum absolute atomic E-state index is 0.0342. The van der Waals surface area contributed by atoms with E-state index in [-0.39, 0.29) is 17.5 Å². The molecule has 8 heteroatoms. The molecule has 1 fully saturated rings. The molecule has 0 atom stereocenters. The average Bonchev–Trinajstić information content (AvgIpc) is 2.77. The lowest BCUT2D eigenvalue weighted by Crippen LogP contribution is -2.57. The summed E-state index contributed by atoms with van der Waals surface area (Å²) in [5, 5.41) is 6.26. The first-order chi connectivity index (χ1) is 15.1. The molecule has 4 rings (SSSR count). The third-order valence-electron chi connectivity index (χ3n) is 5.12. The van der Waals surface area contributed by atoms with E-state index in [9.17, 15) is 9.59 Å². The first-order valence-corrected chi connectivity index (χ1v) is 10.1. The molecule has 0 unspecified atom stereocenters. The van der Waals surface area contributed by atoms with E-state index >= 15 is 0 Å². The van der Waals surface area contributed by atoms with E-state index in [1.165, 1.54) is 0 Å². The lowest BCUT2D eigenvalue weighted by atomic mass is 10.1. The minimum Gasteiger partial charge on any atom is -0.374 e. The Labute approximate surface area is 180 Å². The summed E-state index contributed by atoms with van der Waals surface area (Å²) in [4.78, 5) is 37.5. The number of H-pyrrole nitrogens is 1. The summed E-state index contributed by atoms with van der Waals surface area (Å²) in [6.07, 6.45) is 9.17. The van der Waals surface area contributed by atoms with Gasteiger partial charge >= 0.3 is 0 Å². The second kappa shape index (κ2) is 9.25. The van der Waals surface area contributed by atoms with Crippen LogP contribution in [0, 0.1) is 0 Å². The summed E-state index contributed by atoms with van der Waals surface area (Å²) in [7, 11) is 1.81. The molecule has 3 aromatic rings. The van der Waals surface area contributed by atoms with Gasteiger partial charge < -0.3 is 20.5 Å². The Balaban J connectivity index is 1.33. The SMILES string of the molecule is CNc1cc(-c2c[nH]c(=O)c(NC3CN(C(=O)C=CCc4ccccn4)C3)c2)ccn1. The number of anilines is 2. The van der Waals surface area contributed by atoms with Crippen LogP contribution in [0.2, 0.25) is 0 Å². The predicted octanol–water partition coefficient (Wildman–Crippen LogP) is 2.30. The van der Waals surface area contributed by atoms with Crippen LogP contribution in [0.25, 0.3) is 11.1 Å². The molecule has 8 nitrogen and oxygen atoms in total. The Kier molecular flexibility index (Phi) is 6.07. The van der Waals surface area contributed by atoms with Crippen molar-refractivity contribution in [1.82, 2.24) is 19.9 Å². The van der Waals surface area contributed by atoms with E-state index in [4.69, 9.17) is 0 Å². The van der Waals surface area contributed by atoms with Gasteiger partial charge in [0.1, 0.15) is 11.5 Å². The number of aromatic amines is 1. The van der Waals surface area contributed by atoms with Crippen LogP contribution in [0.1, 0.15) is 5.69 Å². The van der Waals surface area contributed by atoms with Crippen LogP contribution in [-0.4, -0.2) is 51.9 Å². The largest absolute Gasteiger partial charge is 0.374 e. The van der Waals surface area contributed by atoms with Crippen molar-refractivity contribution in [3.63, 3.8) is 0 Å². The van der Waals surface area contributed by atoms with E-state index in [0.717, 1.165) is 22.6 Å². The fraction of sp³-hybridized carbons (Fsp3) is 0.217. The molecule has 1 saturated heterocycles. The number of nitrogens with zero attached hydrogens (tertiary/aromatic N) is 3. The first-order valence-electron chi connectivity index (χ1n) is 10.1. The maximum atomic E-state index is 12.3. The van der Waals surface area contributed by atoms with E-state index < -0.39 is 0 Å². The summed E-state index contributed by atoms with van der Waals surface area (Å²) >= 11 is 0. The summed E-state index contributed by atoms with van der Waals surface area (Å²) in [5.41, 5.74) is 3.05. The lowest BCUT2D eigenvalue weighted by molar-refractivity contribution is -0.129. The van der Waals surface area contributed by atoms with E-state index in [1.54, 1.807) is 29.6 Å². The van der Waals surface area contributed by atoms with Gasteiger partial charge in [-0.05, 0) is 42.0 Å². The normalized spacial score (nSPS) is 13.8. The third-order valence-corrected chi connectivity index (χ3v) is 5.12. The minimum atomic E-state index is -0.188. The highest BCUT2D eigenvalue weighted by molar-refractivity contribution is 5.88. The molecule has 158 valence electrons. The number of allylic oxidation sites excluding steroid dienone is 1. The van der Waals surface area contributed by atoms with Crippen LogP contribution in [0.4, 0.5) is 11.5 Å². The zero-order valence-electron chi connectivity index (χ0n) is 17.2. The van der Waals surface area contributed by atoms with Gasteiger partial charge in [0, 0.05) is 56.4 Å². The molecule has 0 aliphatic carbocycles. The zero-order chi connectivity index (χ0) is 21.6. The summed E-state index contributed by atoms with van der Waals surface area (Å²) in [6.45, 7) is 1.10. The number of hydrogen-bond acceptors (Lipinski definition) is 6. The van der Waals surface area contributed by atoms with Crippen LogP contribution in [0.15, 0.2) is 71.9 Å². The van der Waals surface area contributed by atoms with E-state index in [0.29, 0.717) is 25.2 Å². The van der Waals surface area contributed by atoms with Crippen molar-refractivity contribution in [1.29, 1.82) is 0 Å². The van der Waals surface area contributed by atoms with Crippen molar-refractivity contribution in [2.75, 3.05) is 30.8 Å². The van der Waals surface area contributed by atoms with Crippen molar-refractivity contribution in [3.05, 3.63) is 83.2 Å². The smallest absolute Gasteiger partial charge is 0.271 e. The highest BCUT2D eigenvalue weighted by atomic mass is 16.2. The van der Waals surface area contributed by atoms with Gasteiger partial charge in [0.15, 0.2) is 0 Å². The molecule has 0 saturated carbocycles. The highest BCUT2D eigenvalue weighted by Gasteiger charge is 2.29. The standard InChI is InChI=1S/C23H24N6O2/c1-24-21-12-16(8-10-26-21)17-11-20(23(31)27-13-17)28-19-14-29(15-19)22(30)7-4-6-18-5-2-3-9-25-18/h2-5,7-13,19,28H,6,14-15H2,1H3,(H,24,26)(H,27,31). The lowest BCUT2D eigenvalue weighted by Gasteiger charge is -2.39. The van der Waals surface area contributed by atoms with Crippen molar-refractivity contribution in [3.8, 4) is 11.1 Å². The second-order valence-electron chi connectivity index (χ2n) is 7.32. The van der Waals surface area contributed by atoms with Gasteiger partial charge in [-0.3, -0.25) is 14.6 Å². The number of carbonyl (C=O) groups is 1. The number of amides is 1. The highest BCUT2D eigenvalue weighted by Crippen LogP contribution is 2.22. The quantitative estimate of drug-likeness (QED) is 0.511. The Hall–Kier alpha value is -3.94. The molecule has 31 heavy (non-hydrogen) atoms. The van der Waals surface area contributed by atoms with E-state index in [1.807, 2.05) is 49.5 Å². The molecule has 3 N–H and O–H groups in total. The summed E-state index contributed by atoms with van der Waals surface area (Å²) in [6, 6.07) is 11.4. The van der Waals surface area contributed by atoms with Crippen molar-refractivity contribution in [2.24, 2.45) is 0 Å². The number of pyridine rings is 3. The number of carbonyl (C=O) groups excluding carboxylic acids is 1. The monoisotopic (exact) mass is 416 g/mol. The molecule has 0 aromatic carbocycles. The zero-order valence-corrected chi connectivity index (χ0v) is 17.2. The van der Waals surface area contributed by atoms with Crippen molar-refractivity contribution < 1.29 is 4.79 Å². The molecule has 1 aliphatic heterocycles. The Morgan fingerprint density at radius 1 is 1.19 bits per heavy atom. The Morgan fingerprint density at radius 3 is 2.84 bits per heavy atom. The number of likely N-dealkylation sites (tertiary alicyclic amines) is 1. The number of hydrogen-bond donors (Lipinski definition) is 3. The van der Waals surface area contributed by atoms with Gasteiger partial charge in [0.25, 0.3) is 5.56 Å². The fourth-order valence-electron chi connectivity index (χ4n) is 3.38. The molecular formula is C23H24N6O2. The van der Waals surface area contributed by atoms with Gasteiger partial charge in [0.05, 0.1) is 6.04 Å². The molecule has 1 aliphatic rings. The molecule has 0 spiro atoms. The van der Waals surface area contributed by atoms with Crippen molar-refractivity contribution >= 4 is 17.4 Å². The van der Waals surface area contributed by atoms with Gasteiger partial charge in [0.2, 0.25) is 5.91 Å². The summed E-state index contributed by atoms with van der Waals surface area (Å²) in [5.74, 6) is 0.718. The molecule has 4 heterocycles. The molecule has 3 aromatic heterocycles. The maximum absolute atomic E-state index is 12.3. The number of nitrogens with one attached hydrogen (secondary N) is 3. The second-order valence-corrected chi connectivity index (χ2v) is 7.32.